The maximum Gasteiger partial charge on any atom is 0.417 e. The van der Waals surface area contributed by atoms with E-state index in [0.717, 1.165) is 35.2 Å². The van der Waals surface area contributed by atoms with Crippen LogP contribution in [-0.4, -0.2) is 43.8 Å². The molecule has 0 saturated carbocycles. The molecule has 198 valence electrons. The summed E-state index contributed by atoms with van der Waals surface area (Å²) >= 11 is 1.22. The number of thiophene rings is 1. The first kappa shape index (κ1) is 28.0. The monoisotopic (exact) mass is 555 g/mol. The normalized spacial score (nSPS) is 19.4. The number of carbonyl (C=O) groups excluding carboxylic acids is 1. The Labute approximate surface area is 208 Å². The molecule has 3 rings (SSSR count). The number of rotatable bonds is 8. The van der Waals surface area contributed by atoms with Crippen molar-refractivity contribution in [2.75, 3.05) is 12.9 Å². The topological polar surface area (TPSA) is 63.7 Å². The van der Waals surface area contributed by atoms with Gasteiger partial charge in [0, 0.05) is 28.7 Å². The predicted octanol–water partition coefficient (Wildman–Crippen LogP) is 6.06. The molecule has 0 fully saturated rings. The van der Waals surface area contributed by atoms with Gasteiger partial charge in [0.1, 0.15) is 5.75 Å². The molecule has 0 N–H and O–H groups in total. The van der Waals surface area contributed by atoms with Gasteiger partial charge in [0.2, 0.25) is 10.0 Å². The third-order valence-corrected chi connectivity index (χ3v) is 8.08. The van der Waals surface area contributed by atoms with Crippen LogP contribution in [0.4, 0.5) is 26.3 Å². The molecule has 1 unspecified atom stereocenters. The number of aryl methyl sites for hydroxylation is 1. The number of alkyl halides is 6. The van der Waals surface area contributed by atoms with E-state index in [9.17, 15) is 39.6 Å². The molecule has 2 heterocycles. The summed E-state index contributed by atoms with van der Waals surface area (Å²) in [5.41, 5.74) is -3.70. The molecular formula is C23H23F6NO4S2. The van der Waals surface area contributed by atoms with Crippen LogP contribution in [0.15, 0.2) is 42.5 Å². The molecule has 1 atom stereocenters. The van der Waals surface area contributed by atoms with Crippen molar-refractivity contribution in [2.24, 2.45) is 0 Å². The average Bonchev–Trinajstić information content (AvgIpc) is 3.23. The summed E-state index contributed by atoms with van der Waals surface area (Å²) in [7, 11) is -4.68. The maximum absolute atomic E-state index is 14.8. The van der Waals surface area contributed by atoms with Crippen LogP contribution < -0.4 is 4.74 Å². The summed E-state index contributed by atoms with van der Waals surface area (Å²) in [6, 6.07) is 7.51. The zero-order chi connectivity index (χ0) is 26.9. The molecule has 36 heavy (non-hydrogen) atoms. The van der Waals surface area contributed by atoms with E-state index in [2.05, 4.69) is 0 Å². The Kier molecular flexibility index (Phi) is 7.85. The van der Waals surface area contributed by atoms with E-state index in [1.807, 2.05) is 6.92 Å². The molecule has 1 aliphatic heterocycles. The van der Waals surface area contributed by atoms with Gasteiger partial charge in [0.05, 0.1) is 12.9 Å². The smallest absolute Gasteiger partial charge is 0.417 e. The lowest BCUT2D eigenvalue weighted by molar-refractivity contribution is -0.221. The fourth-order valence-electron chi connectivity index (χ4n) is 4.03. The molecule has 0 spiro atoms. The molecule has 1 aromatic heterocycles. The van der Waals surface area contributed by atoms with Gasteiger partial charge >= 0.3 is 12.4 Å². The predicted molar refractivity (Wildman–Crippen MR) is 123 cm³/mol. The second-order valence-corrected chi connectivity index (χ2v) is 11.3. The van der Waals surface area contributed by atoms with E-state index in [1.54, 1.807) is 12.1 Å². The van der Waals surface area contributed by atoms with Crippen molar-refractivity contribution in [3.05, 3.63) is 57.8 Å². The molecule has 5 nitrogen and oxygen atoms in total. The number of sulfonamides is 1. The Morgan fingerprint density at radius 2 is 1.69 bits per heavy atom. The van der Waals surface area contributed by atoms with Crippen molar-refractivity contribution in [3.63, 3.8) is 0 Å². The number of nitrogens with zero attached hydrogens (tertiary/aromatic N) is 1. The summed E-state index contributed by atoms with van der Waals surface area (Å²) in [6.45, 7) is 1.55. The van der Waals surface area contributed by atoms with Crippen molar-refractivity contribution in [3.8, 4) is 5.75 Å². The van der Waals surface area contributed by atoms with Crippen molar-refractivity contribution in [1.82, 2.24) is 4.31 Å². The number of hydrogen-bond acceptors (Lipinski definition) is 5. The van der Waals surface area contributed by atoms with Gasteiger partial charge in [-0.3, -0.25) is 4.79 Å². The molecule has 1 aromatic carbocycles. The van der Waals surface area contributed by atoms with Gasteiger partial charge in [-0.25, -0.2) is 12.7 Å². The highest BCUT2D eigenvalue weighted by Gasteiger charge is 2.65. The average molecular weight is 556 g/mol. The van der Waals surface area contributed by atoms with Gasteiger partial charge in [0.25, 0.3) is 5.91 Å². The summed E-state index contributed by atoms with van der Waals surface area (Å²) in [5.74, 6) is -1.32. The molecule has 2 aromatic rings. The lowest BCUT2D eigenvalue weighted by atomic mass is 9.80. The van der Waals surface area contributed by atoms with E-state index in [1.165, 1.54) is 11.3 Å². The van der Waals surface area contributed by atoms with Crippen LogP contribution in [0, 0.1) is 0 Å². The molecule has 0 radical (unpaired) electrons. The third-order valence-electron chi connectivity index (χ3n) is 5.62. The quantitative estimate of drug-likeness (QED) is 0.293. The minimum absolute atomic E-state index is 0.00732. The first-order valence-corrected chi connectivity index (χ1v) is 13.5. The maximum atomic E-state index is 14.8. The van der Waals surface area contributed by atoms with E-state index in [4.69, 9.17) is 4.74 Å². The van der Waals surface area contributed by atoms with Crippen molar-refractivity contribution >= 4 is 32.8 Å². The lowest BCUT2D eigenvalue weighted by Crippen LogP contribution is -2.61. The number of ether oxygens (including phenoxy) is 1. The van der Waals surface area contributed by atoms with Crippen molar-refractivity contribution in [2.45, 2.75) is 50.5 Å². The molecule has 1 amide bonds. The highest BCUT2D eigenvalue weighted by molar-refractivity contribution is 7.89. The van der Waals surface area contributed by atoms with Gasteiger partial charge in [-0.05, 0) is 48.2 Å². The Balaban J connectivity index is 2.04. The third kappa shape index (κ3) is 5.88. The number of hydrogen-bond donors (Lipinski definition) is 0. The van der Waals surface area contributed by atoms with E-state index >= 15 is 0 Å². The summed E-state index contributed by atoms with van der Waals surface area (Å²) in [4.78, 5) is 14.2. The summed E-state index contributed by atoms with van der Waals surface area (Å²) in [5, 5.41) is 0. The molecule has 0 aliphatic carbocycles. The number of halogens is 6. The van der Waals surface area contributed by atoms with Crippen LogP contribution >= 0.6 is 11.3 Å². The Morgan fingerprint density at radius 1 is 1.06 bits per heavy atom. The van der Waals surface area contributed by atoms with Crippen LogP contribution in [0.5, 0.6) is 5.75 Å². The van der Waals surface area contributed by atoms with Gasteiger partial charge in [-0.1, -0.05) is 19.1 Å². The van der Waals surface area contributed by atoms with Gasteiger partial charge in [-0.2, -0.15) is 26.3 Å². The zero-order valence-corrected chi connectivity index (χ0v) is 20.9. The van der Waals surface area contributed by atoms with E-state index < -0.39 is 52.2 Å². The highest BCUT2D eigenvalue weighted by Crippen LogP contribution is 2.53. The van der Waals surface area contributed by atoms with Crippen molar-refractivity contribution < 1.29 is 44.3 Å². The van der Waals surface area contributed by atoms with E-state index in [0.29, 0.717) is 17.6 Å². The SMILES string of the molecule is CCc1ccc(C2=CC(=O)N(S(C)(=O)=O)C(c3ccc(OCCCC(F)(F)F)cc3)(C(F)(F)F)C2)s1. The highest BCUT2D eigenvalue weighted by atomic mass is 32.2. The van der Waals surface area contributed by atoms with Crippen LogP contribution in [0.1, 0.15) is 41.5 Å². The Morgan fingerprint density at radius 3 is 2.19 bits per heavy atom. The largest absolute Gasteiger partial charge is 0.494 e. The zero-order valence-electron chi connectivity index (χ0n) is 19.2. The van der Waals surface area contributed by atoms with Crippen LogP contribution in [0.2, 0.25) is 0 Å². The van der Waals surface area contributed by atoms with Gasteiger partial charge in [-0.15, -0.1) is 11.3 Å². The van der Waals surface area contributed by atoms with Crippen LogP contribution in [-0.2, 0) is 26.8 Å². The minimum atomic E-state index is -5.20. The number of benzene rings is 1. The fourth-order valence-corrected chi connectivity index (χ4v) is 6.21. The van der Waals surface area contributed by atoms with Gasteiger partial charge < -0.3 is 4.74 Å². The van der Waals surface area contributed by atoms with Crippen molar-refractivity contribution in [1.29, 1.82) is 0 Å². The first-order chi connectivity index (χ1) is 16.6. The molecule has 0 bridgehead atoms. The number of carbonyl (C=O) groups is 1. The second kappa shape index (κ2) is 10.1. The van der Waals surface area contributed by atoms with E-state index in [-0.39, 0.29) is 28.7 Å². The lowest BCUT2D eigenvalue weighted by Gasteiger charge is -2.46. The molecule has 0 saturated heterocycles. The summed E-state index contributed by atoms with van der Waals surface area (Å²) < 4.78 is 111. The van der Waals surface area contributed by atoms with Crippen LogP contribution in [0.25, 0.3) is 5.57 Å². The first-order valence-electron chi connectivity index (χ1n) is 10.8. The standard InChI is InChI=1S/C23H23F6NO4S2/c1-3-18-9-10-19(35-18)15-13-20(31)30(36(2,32)33)21(14-15,23(27,28)29)16-5-7-17(8-6-16)34-12-4-11-22(24,25)26/h5-10,13H,3-4,11-12,14H2,1-2H3. The van der Waals surface area contributed by atoms with Crippen LogP contribution in [0.3, 0.4) is 0 Å². The molecule has 1 aliphatic rings. The number of amides is 1. The Bertz CT molecular complexity index is 1230. The van der Waals surface area contributed by atoms with Gasteiger partial charge in [0.15, 0.2) is 5.54 Å². The Hall–Kier alpha value is -2.54. The summed E-state index contributed by atoms with van der Waals surface area (Å²) in [6.07, 6.45) is -9.75. The minimum Gasteiger partial charge on any atom is -0.494 e. The second-order valence-electron chi connectivity index (χ2n) is 8.28. The molecular weight excluding hydrogens is 532 g/mol. The molecule has 13 heteroatoms. The fraction of sp³-hybridized carbons (Fsp3) is 0.435.